The van der Waals surface area contributed by atoms with E-state index in [1.165, 1.54) is 0 Å². The van der Waals surface area contributed by atoms with E-state index in [9.17, 15) is 0 Å². The molecule has 0 amide bonds. The van der Waals surface area contributed by atoms with Crippen molar-refractivity contribution in [3.8, 4) is 0 Å². The van der Waals surface area contributed by atoms with Crippen molar-refractivity contribution in [3.05, 3.63) is 23.2 Å². The molecule has 0 rings (SSSR count). The second kappa shape index (κ2) is 5.70. The maximum Gasteiger partial charge on any atom is 0.277 e. The Morgan fingerprint density at radius 1 is 1.25 bits per heavy atom. The molecule has 0 bridgehead atoms. The Balaban J connectivity index is 4.10. The van der Waals surface area contributed by atoms with Gasteiger partial charge < -0.3 is 10.2 Å². The SMILES string of the molecule is CCCCC=C(C)C(C)=C(O)O. The number of aliphatic hydroxyl groups excluding tert-OH is 1. The highest BCUT2D eigenvalue weighted by atomic mass is 16.5. The van der Waals surface area contributed by atoms with Gasteiger partial charge in [0.25, 0.3) is 5.95 Å². The summed E-state index contributed by atoms with van der Waals surface area (Å²) in [6.07, 6.45) is 5.35. The average Bonchev–Trinajstić information content (AvgIpc) is 2.03. The Morgan fingerprint density at radius 3 is 2.25 bits per heavy atom. The molecule has 70 valence electrons. The average molecular weight is 170 g/mol. The lowest BCUT2D eigenvalue weighted by atomic mass is 10.1. The highest BCUT2D eigenvalue weighted by molar-refractivity contribution is 5.26. The van der Waals surface area contributed by atoms with E-state index in [-0.39, 0.29) is 0 Å². The quantitative estimate of drug-likeness (QED) is 0.385. The van der Waals surface area contributed by atoms with Gasteiger partial charge in [-0.3, -0.25) is 0 Å². The van der Waals surface area contributed by atoms with E-state index in [2.05, 4.69) is 6.92 Å². The van der Waals surface area contributed by atoms with E-state index in [1.54, 1.807) is 6.92 Å². The largest absolute Gasteiger partial charge is 0.481 e. The molecule has 2 heteroatoms. The molecule has 0 atom stereocenters. The lowest BCUT2D eigenvalue weighted by Crippen LogP contribution is -1.87. The molecule has 0 aliphatic carbocycles. The van der Waals surface area contributed by atoms with Gasteiger partial charge in [-0.15, -0.1) is 0 Å². The van der Waals surface area contributed by atoms with Crippen molar-refractivity contribution < 1.29 is 10.2 Å². The summed E-state index contributed by atoms with van der Waals surface area (Å²) >= 11 is 0. The molecule has 0 unspecified atom stereocenters. The van der Waals surface area contributed by atoms with Crippen LogP contribution in [0.4, 0.5) is 0 Å². The van der Waals surface area contributed by atoms with Gasteiger partial charge in [0.15, 0.2) is 0 Å². The van der Waals surface area contributed by atoms with Gasteiger partial charge in [0.1, 0.15) is 0 Å². The van der Waals surface area contributed by atoms with Crippen LogP contribution in [0.25, 0.3) is 0 Å². The first-order valence-electron chi connectivity index (χ1n) is 4.35. The van der Waals surface area contributed by atoms with E-state index >= 15 is 0 Å². The van der Waals surface area contributed by atoms with Gasteiger partial charge in [-0.1, -0.05) is 25.8 Å². The fraction of sp³-hybridized carbons (Fsp3) is 0.600. The Morgan fingerprint density at radius 2 is 1.83 bits per heavy atom. The molecule has 0 aliphatic heterocycles. The maximum absolute atomic E-state index is 8.74. The fourth-order valence-corrected chi connectivity index (χ4v) is 0.852. The first-order valence-corrected chi connectivity index (χ1v) is 4.35. The van der Waals surface area contributed by atoms with Gasteiger partial charge in [-0.2, -0.15) is 0 Å². The van der Waals surface area contributed by atoms with Crippen LogP contribution < -0.4 is 0 Å². The van der Waals surface area contributed by atoms with Crippen LogP contribution in [0, 0.1) is 0 Å². The molecule has 0 spiro atoms. The number of unbranched alkanes of at least 4 members (excludes halogenated alkanes) is 2. The highest BCUT2D eigenvalue weighted by Gasteiger charge is 1.98. The van der Waals surface area contributed by atoms with Gasteiger partial charge >= 0.3 is 0 Å². The topological polar surface area (TPSA) is 40.5 Å². The first kappa shape index (κ1) is 11.1. The molecule has 0 aromatic rings. The van der Waals surface area contributed by atoms with Crippen molar-refractivity contribution in [3.63, 3.8) is 0 Å². The summed E-state index contributed by atoms with van der Waals surface area (Å²) < 4.78 is 0. The first-order chi connectivity index (χ1) is 5.59. The van der Waals surface area contributed by atoms with Crippen LogP contribution in [-0.4, -0.2) is 10.2 Å². The van der Waals surface area contributed by atoms with E-state index in [1.807, 2.05) is 13.0 Å². The van der Waals surface area contributed by atoms with Crippen LogP contribution in [0.3, 0.4) is 0 Å². The molecular weight excluding hydrogens is 152 g/mol. The van der Waals surface area contributed by atoms with Crippen molar-refractivity contribution in [1.29, 1.82) is 0 Å². The molecule has 0 radical (unpaired) electrons. The minimum atomic E-state index is -0.569. The lowest BCUT2D eigenvalue weighted by Gasteiger charge is -2.00. The maximum atomic E-state index is 8.74. The molecule has 0 saturated carbocycles. The molecule has 2 N–H and O–H groups in total. The third-order valence-electron chi connectivity index (χ3n) is 1.94. The monoisotopic (exact) mass is 170 g/mol. The standard InChI is InChI=1S/C10H18O2/c1-4-5-6-7-8(2)9(3)10(11)12/h7,11-12H,4-6H2,1-3H3. The van der Waals surface area contributed by atoms with Crippen molar-refractivity contribution >= 4 is 0 Å². The number of hydrogen-bond acceptors (Lipinski definition) is 2. The minimum absolute atomic E-state index is 0.561. The molecule has 0 saturated heterocycles. The number of rotatable bonds is 4. The highest BCUT2D eigenvalue weighted by Crippen LogP contribution is 2.12. The Kier molecular flexibility index (Phi) is 5.26. The summed E-state index contributed by atoms with van der Waals surface area (Å²) in [7, 11) is 0. The zero-order valence-electron chi connectivity index (χ0n) is 8.09. The molecule has 0 fully saturated rings. The van der Waals surface area contributed by atoms with Gasteiger partial charge in [-0.25, -0.2) is 0 Å². The summed E-state index contributed by atoms with van der Waals surface area (Å²) in [6.45, 7) is 5.72. The Bertz CT molecular complexity index is 186. The van der Waals surface area contributed by atoms with Crippen molar-refractivity contribution in [1.82, 2.24) is 0 Å². The second-order valence-electron chi connectivity index (χ2n) is 2.98. The molecule has 0 heterocycles. The zero-order chi connectivity index (χ0) is 9.56. The van der Waals surface area contributed by atoms with Crippen molar-refractivity contribution in [2.45, 2.75) is 40.0 Å². The summed E-state index contributed by atoms with van der Waals surface area (Å²) in [4.78, 5) is 0. The molecule has 0 aromatic heterocycles. The van der Waals surface area contributed by atoms with Gasteiger partial charge in [0, 0.05) is 5.57 Å². The van der Waals surface area contributed by atoms with Crippen molar-refractivity contribution in [2.75, 3.05) is 0 Å². The molecular formula is C10H18O2. The fourth-order valence-electron chi connectivity index (χ4n) is 0.852. The molecule has 12 heavy (non-hydrogen) atoms. The molecule has 0 aromatic carbocycles. The predicted molar refractivity (Wildman–Crippen MR) is 51.2 cm³/mol. The second-order valence-corrected chi connectivity index (χ2v) is 2.98. The van der Waals surface area contributed by atoms with E-state index < -0.39 is 5.95 Å². The third-order valence-corrected chi connectivity index (χ3v) is 1.94. The van der Waals surface area contributed by atoms with Crippen LogP contribution in [0.5, 0.6) is 0 Å². The zero-order valence-corrected chi connectivity index (χ0v) is 8.09. The van der Waals surface area contributed by atoms with Crippen LogP contribution in [0.15, 0.2) is 23.2 Å². The smallest absolute Gasteiger partial charge is 0.277 e. The Labute approximate surface area is 74.2 Å². The van der Waals surface area contributed by atoms with Gasteiger partial charge in [0.2, 0.25) is 0 Å². The normalized spacial score (nSPS) is 11.4. The summed E-state index contributed by atoms with van der Waals surface area (Å²) in [6, 6.07) is 0. The number of aliphatic hydroxyl groups is 2. The van der Waals surface area contributed by atoms with E-state index in [4.69, 9.17) is 10.2 Å². The predicted octanol–water partition coefficient (Wildman–Crippen LogP) is 3.47. The van der Waals surface area contributed by atoms with E-state index in [0.717, 1.165) is 24.8 Å². The molecule has 2 nitrogen and oxygen atoms in total. The summed E-state index contributed by atoms with van der Waals surface area (Å²) in [5.74, 6) is -0.569. The number of hydrogen-bond donors (Lipinski definition) is 2. The minimum Gasteiger partial charge on any atom is -0.481 e. The number of allylic oxidation sites excluding steroid dienone is 3. The summed E-state index contributed by atoms with van der Waals surface area (Å²) in [5.41, 5.74) is 1.51. The third kappa shape index (κ3) is 4.06. The Hall–Kier alpha value is -0.920. The van der Waals surface area contributed by atoms with Gasteiger partial charge in [0.05, 0.1) is 0 Å². The van der Waals surface area contributed by atoms with E-state index in [0.29, 0.717) is 5.57 Å². The van der Waals surface area contributed by atoms with Crippen LogP contribution >= 0.6 is 0 Å². The summed E-state index contributed by atoms with van der Waals surface area (Å²) in [5, 5.41) is 17.5. The molecule has 0 aliphatic rings. The van der Waals surface area contributed by atoms with Crippen molar-refractivity contribution in [2.24, 2.45) is 0 Å². The lowest BCUT2D eigenvalue weighted by molar-refractivity contribution is 0.186. The van der Waals surface area contributed by atoms with Crippen LogP contribution in [0.2, 0.25) is 0 Å². The van der Waals surface area contributed by atoms with Gasteiger partial charge in [-0.05, 0) is 25.8 Å². The van der Waals surface area contributed by atoms with Crippen LogP contribution in [-0.2, 0) is 0 Å². The van der Waals surface area contributed by atoms with Crippen LogP contribution in [0.1, 0.15) is 40.0 Å².